The van der Waals surface area contributed by atoms with E-state index in [0.717, 1.165) is 50.6 Å². The van der Waals surface area contributed by atoms with E-state index in [1.807, 2.05) is 18.2 Å². The molecular formula is C26H38N6O4. The van der Waals surface area contributed by atoms with Gasteiger partial charge in [-0.05, 0) is 44.9 Å². The van der Waals surface area contributed by atoms with Crippen LogP contribution in [0.1, 0.15) is 37.9 Å². The average molecular weight is 499 g/mol. The molecule has 0 amide bonds. The molecular weight excluding hydrogens is 460 g/mol. The predicted molar refractivity (Wildman–Crippen MR) is 139 cm³/mol. The molecule has 2 aromatic rings. The summed E-state index contributed by atoms with van der Waals surface area (Å²) in [6, 6.07) is 7.70. The van der Waals surface area contributed by atoms with Crippen LogP contribution in [0.3, 0.4) is 0 Å². The number of rotatable bonds is 12. The van der Waals surface area contributed by atoms with E-state index < -0.39 is 0 Å². The second-order valence-electron chi connectivity index (χ2n) is 9.74. The van der Waals surface area contributed by atoms with Gasteiger partial charge in [0.1, 0.15) is 23.5 Å². The topological polar surface area (TPSA) is 119 Å². The number of nitrogen functional groups attached to an aromatic ring is 1. The summed E-state index contributed by atoms with van der Waals surface area (Å²) in [5, 5.41) is 8.81. The first-order chi connectivity index (χ1) is 17.3. The average Bonchev–Trinajstić information content (AvgIpc) is 3.62. The Labute approximate surface area is 213 Å². The summed E-state index contributed by atoms with van der Waals surface area (Å²) in [5.74, 6) is 1.54. The fourth-order valence-corrected chi connectivity index (χ4v) is 4.30. The molecule has 1 saturated carbocycles. The Bertz CT molecular complexity index is 1040. The van der Waals surface area contributed by atoms with E-state index in [4.69, 9.17) is 30.1 Å². The number of nitrogens with one attached hydrogen (secondary N) is 1. The number of nitrogens with two attached hydrogens (primary N) is 1. The number of ether oxygens (including phenoxy) is 4. The highest BCUT2D eigenvalue weighted by atomic mass is 16.7. The Morgan fingerprint density at radius 2 is 1.97 bits per heavy atom. The van der Waals surface area contributed by atoms with Gasteiger partial charge in [0.05, 0.1) is 24.6 Å². The van der Waals surface area contributed by atoms with Crippen molar-refractivity contribution in [3.63, 3.8) is 0 Å². The molecule has 2 aliphatic rings. The molecule has 0 unspecified atom stereocenters. The van der Waals surface area contributed by atoms with Crippen LogP contribution in [0.4, 0.5) is 11.5 Å². The van der Waals surface area contributed by atoms with E-state index in [2.05, 4.69) is 33.6 Å². The van der Waals surface area contributed by atoms with Gasteiger partial charge in [-0.15, -0.1) is 0 Å². The van der Waals surface area contributed by atoms with Crippen LogP contribution in [-0.2, 0) is 14.2 Å². The van der Waals surface area contributed by atoms with Crippen molar-refractivity contribution in [3.8, 4) is 5.75 Å². The predicted octanol–water partition coefficient (Wildman–Crippen LogP) is 2.55. The van der Waals surface area contributed by atoms with Gasteiger partial charge >= 0.3 is 0 Å². The first-order valence-corrected chi connectivity index (χ1v) is 12.4. The first-order valence-electron chi connectivity index (χ1n) is 12.4. The third kappa shape index (κ3) is 6.50. The molecule has 1 aromatic heterocycles. The number of hydrogen-bond acceptors (Lipinski definition) is 10. The fourth-order valence-electron chi connectivity index (χ4n) is 4.30. The molecule has 1 atom stereocenters. The molecule has 0 radical (unpaired) electrons. The van der Waals surface area contributed by atoms with Gasteiger partial charge in [-0.2, -0.15) is 0 Å². The van der Waals surface area contributed by atoms with Crippen molar-refractivity contribution >= 4 is 17.2 Å². The van der Waals surface area contributed by atoms with E-state index >= 15 is 0 Å². The second kappa shape index (κ2) is 11.5. The van der Waals surface area contributed by atoms with Crippen LogP contribution >= 0.6 is 0 Å². The van der Waals surface area contributed by atoms with Crippen molar-refractivity contribution in [1.29, 1.82) is 5.41 Å². The molecule has 1 aliphatic carbocycles. The summed E-state index contributed by atoms with van der Waals surface area (Å²) in [5.41, 5.74) is 8.07. The summed E-state index contributed by atoms with van der Waals surface area (Å²) in [7, 11) is 3.21. The van der Waals surface area contributed by atoms with E-state index in [1.165, 1.54) is 6.33 Å². The van der Waals surface area contributed by atoms with Gasteiger partial charge in [-0.25, -0.2) is 9.97 Å². The van der Waals surface area contributed by atoms with E-state index in [9.17, 15) is 0 Å². The van der Waals surface area contributed by atoms with Crippen molar-refractivity contribution in [2.75, 3.05) is 64.2 Å². The zero-order chi connectivity index (χ0) is 25.7. The number of benzene rings is 1. The number of anilines is 2. The minimum Gasteiger partial charge on any atom is -0.488 e. The lowest BCUT2D eigenvalue weighted by Gasteiger charge is -2.40. The number of piperazine rings is 1. The molecule has 10 heteroatoms. The Kier molecular flexibility index (Phi) is 8.40. The smallest absolute Gasteiger partial charge is 0.180 e. The monoisotopic (exact) mass is 498 g/mol. The van der Waals surface area contributed by atoms with Crippen molar-refractivity contribution in [2.24, 2.45) is 0 Å². The minimum absolute atomic E-state index is 0.0983. The molecule has 3 N–H and O–H groups in total. The van der Waals surface area contributed by atoms with Gasteiger partial charge in [0.25, 0.3) is 0 Å². The zero-order valence-corrected chi connectivity index (χ0v) is 21.7. The number of methoxy groups -OCH3 is 2. The van der Waals surface area contributed by atoms with Crippen LogP contribution in [0.5, 0.6) is 5.75 Å². The van der Waals surface area contributed by atoms with Crippen LogP contribution in [0.2, 0.25) is 0 Å². The molecule has 1 aromatic carbocycles. The fraction of sp³-hybridized carbons (Fsp3) is 0.577. The summed E-state index contributed by atoms with van der Waals surface area (Å²) in [6.07, 6.45) is 3.27. The third-order valence-electron chi connectivity index (χ3n) is 6.91. The molecule has 4 rings (SSSR count). The van der Waals surface area contributed by atoms with Crippen LogP contribution in [0.15, 0.2) is 30.6 Å². The van der Waals surface area contributed by atoms with Gasteiger partial charge < -0.3 is 29.6 Å². The largest absolute Gasteiger partial charge is 0.488 e. The molecule has 1 aliphatic heterocycles. The maximum atomic E-state index is 8.81. The van der Waals surface area contributed by atoms with Gasteiger partial charge in [0, 0.05) is 63.8 Å². The Balaban J connectivity index is 1.36. The van der Waals surface area contributed by atoms with Crippen LogP contribution in [-0.4, -0.2) is 92.1 Å². The number of nitrogens with zero attached hydrogens (tertiary/aromatic N) is 4. The maximum absolute atomic E-state index is 8.81. The third-order valence-corrected chi connectivity index (χ3v) is 6.91. The Morgan fingerprint density at radius 1 is 1.19 bits per heavy atom. The maximum Gasteiger partial charge on any atom is 0.180 e. The highest BCUT2D eigenvalue weighted by Crippen LogP contribution is 2.40. The molecule has 10 nitrogen and oxygen atoms in total. The van der Waals surface area contributed by atoms with E-state index in [1.54, 1.807) is 20.3 Å². The van der Waals surface area contributed by atoms with Crippen LogP contribution in [0.25, 0.3) is 0 Å². The minimum atomic E-state index is -0.336. The quantitative estimate of drug-likeness (QED) is 0.197. The molecule has 196 valence electrons. The molecule has 1 saturated heterocycles. The molecule has 2 fully saturated rings. The Hall–Kier alpha value is -2.79. The number of hydrogen-bond donors (Lipinski definition) is 2. The van der Waals surface area contributed by atoms with Crippen LogP contribution in [0, 0.1) is 5.41 Å². The SMILES string of the molecule is COC(COCCN1CCN(c2cc(C(=N)c3cc(OC4(C)CC4)ccc3N)ncn2)C[C@@H]1C)OC. The molecule has 0 spiro atoms. The summed E-state index contributed by atoms with van der Waals surface area (Å²) in [4.78, 5) is 13.5. The van der Waals surface area contributed by atoms with Crippen molar-refractivity contribution in [3.05, 3.63) is 41.9 Å². The van der Waals surface area contributed by atoms with Gasteiger partial charge in [0.2, 0.25) is 0 Å². The molecule has 36 heavy (non-hydrogen) atoms. The highest BCUT2D eigenvalue weighted by Gasteiger charge is 2.40. The first kappa shape index (κ1) is 26.3. The van der Waals surface area contributed by atoms with Gasteiger partial charge in [-0.3, -0.25) is 10.3 Å². The van der Waals surface area contributed by atoms with Crippen LogP contribution < -0.4 is 15.4 Å². The lowest BCUT2D eigenvalue weighted by molar-refractivity contribution is -0.141. The second-order valence-corrected chi connectivity index (χ2v) is 9.74. The Morgan fingerprint density at radius 3 is 2.67 bits per heavy atom. The molecule has 0 bridgehead atoms. The summed E-state index contributed by atoms with van der Waals surface area (Å²) in [6.45, 7) is 8.72. The zero-order valence-electron chi connectivity index (χ0n) is 21.7. The normalized spacial score (nSPS) is 19.5. The van der Waals surface area contributed by atoms with Crippen molar-refractivity contribution in [2.45, 2.75) is 44.6 Å². The standard InChI is InChI=1S/C26H38N6O4/c1-18-15-32(10-9-31(18)11-12-35-16-24(33-3)34-4)23-14-22(29-17-30-23)25(28)20-13-19(5-6-21(20)27)36-26(2)7-8-26/h5-6,13-14,17-18,24,28H,7-12,15-16,27H2,1-4H3/t18-/m0/s1. The van der Waals surface area contributed by atoms with Crippen molar-refractivity contribution in [1.82, 2.24) is 14.9 Å². The lowest BCUT2D eigenvalue weighted by atomic mass is 10.0. The highest BCUT2D eigenvalue weighted by molar-refractivity contribution is 6.13. The van der Waals surface area contributed by atoms with Gasteiger partial charge in [-0.1, -0.05) is 0 Å². The number of aromatic nitrogens is 2. The van der Waals surface area contributed by atoms with E-state index in [0.29, 0.717) is 36.2 Å². The lowest BCUT2D eigenvalue weighted by Crippen LogP contribution is -2.53. The molecule has 2 heterocycles. The van der Waals surface area contributed by atoms with E-state index in [-0.39, 0.29) is 17.6 Å². The van der Waals surface area contributed by atoms with Crippen molar-refractivity contribution < 1.29 is 18.9 Å². The summed E-state index contributed by atoms with van der Waals surface area (Å²) < 4.78 is 22.1. The summed E-state index contributed by atoms with van der Waals surface area (Å²) >= 11 is 0. The van der Waals surface area contributed by atoms with Gasteiger partial charge in [0.15, 0.2) is 6.29 Å².